The lowest BCUT2D eigenvalue weighted by Crippen LogP contribution is -2.55. The van der Waals surface area contributed by atoms with Gasteiger partial charge in [-0.25, -0.2) is 19.6 Å². The molecule has 4 amide bonds. The van der Waals surface area contributed by atoms with Crippen LogP contribution in [0.15, 0.2) is 73.1 Å². The molecule has 2 saturated heterocycles. The quantitative estimate of drug-likeness (QED) is 0.0759. The van der Waals surface area contributed by atoms with E-state index in [1.54, 1.807) is 0 Å². The van der Waals surface area contributed by atoms with E-state index in [1.165, 1.54) is 14.2 Å². The molecule has 2 aliphatic carbocycles. The number of likely N-dealkylation sites (tertiary alicyclic amines) is 2. The van der Waals surface area contributed by atoms with Gasteiger partial charge in [0.05, 0.1) is 43.9 Å². The molecule has 10 atom stereocenters. The van der Waals surface area contributed by atoms with Crippen molar-refractivity contribution in [2.45, 2.75) is 90.1 Å². The minimum absolute atomic E-state index is 0.111. The van der Waals surface area contributed by atoms with Gasteiger partial charge in [-0.1, -0.05) is 120 Å². The van der Waals surface area contributed by atoms with Crippen molar-refractivity contribution in [1.29, 1.82) is 0 Å². The van der Waals surface area contributed by atoms with Crippen molar-refractivity contribution in [1.82, 2.24) is 40.4 Å². The summed E-state index contributed by atoms with van der Waals surface area (Å²) in [7, 11) is 2.60. The van der Waals surface area contributed by atoms with E-state index in [0.717, 1.165) is 81.7 Å². The van der Waals surface area contributed by atoms with Gasteiger partial charge in [0.25, 0.3) is 0 Å². The minimum atomic E-state index is -0.726. The van der Waals surface area contributed by atoms with Gasteiger partial charge in [0.15, 0.2) is 0 Å². The monoisotopic (exact) mass is 1050 g/mol. The highest BCUT2D eigenvalue weighted by atomic mass is 127. The molecule has 5 aromatic rings. The van der Waals surface area contributed by atoms with E-state index in [4.69, 9.17) is 19.4 Å². The molecular formula is C45H48I2N8O6. The van der Waals surface area contributed by atoms with E-state index in [0.29, 0.717) is 11.8 Å². The van der Waals surface area contributed by atoms with Crippen LogP contribution in [0.2, 0.25) is 0 Å². The van der Waals surface area contributed by atoms with Gasteiger partial charge in [0.1, 0.15) is 23.7 Å². The second-order valence-electron chi connectivity index (χ2n) is 17.0. The van der Waals surface area contributed by atoms with E-state index < -0.39 is 24.3 Å². The van der Waals surface area contributed by atoms with Crippen LogP contribution in [0.4, 0.5) is 9.59 Å². The van der Waals surface area contributed by atoms with Gasteiger partial charge in [0.2, 0.25) is 11.8 Å². The number of nitrogens with zero attached hydrogens (tertiary/aromatic N) is 4. The molecule has 9 rings (SSSR count). The summed E-state index contributed by atoms with van der Waals surface area (Å²) in [6.45, 7) is 5.95. The van der Waals surface area contributed by atoms with Crippen molar-refractivity contribution in [3.63, 3.8) is 0 Å². The van der Waals surface area contributed by atoms with Gasteiger partial charge >= 0.3 is 12.2 Å². The summed E-state index contributed by atoms with van der Waals surface area (Å²) in [5.74, 6) is 2.05. The van der Waals surface area contributed by atoms with Gasteiger partial charge in [-0.3, -0.25) is 9.59 Å². The molecule has 0 radical (unpaired) electrons. The highest BCUT2D eigenvalue weighted by Crippen LogP contribution is 2.62. The average molecular weight is 1050 g/mol. The molecule has 318 valence electrons. The Hall–Kier alpha value is -4.72. The Balaban J connectivity index is 0.944. The molecule has 4 N–H and O–H groups in total. The van der Waals surface area contributed by atoms with Crippen LogP contribution in [0.5, 0.6) is 0 Å². The van der Waals surface area contributed by atoms with Crippen LogP contribution in [0.3, 0.4) is 0 Å². The van der Waals surface area contributed by atoms with E-state index in [9.17, 15) is 19.2 Å². The Morgan fingerprint density at radius 2 is 1.43 bits per heavy atom. The first-order chi connectivity index (χ1) is 29.3. The Morgan fingerprint density at radius 3 is 2.08 bits per heavy atom. The number of amides is 4. The maximum atomic E-state index is 14.1. The lowest BCUT2D eigenvalue weighted by Gasteiger charge is -2.35. The van der Waals surface area contributed by atoms with Crippen molar-refractivity contribution in [3.8, 4) is 33.6 Å². The van der Waals surface area contributed by atoms with Crippen LogP contribution in [-0.2, 0) is 19.1 Å². The molecule has 61 heavy (non-hydrogen) atoms. The molecule has 16 heteroatoms. The number of alkyl carbamates (subject to hydrolysis) is 2. The number of aromatic amines is 2. The van der Waals surface area contributed by atoms with Crippen LogP contribution in [0.1, 0.15) is 70.2 Å². The van der Waals surface area contributed by atoms with E-state index in [-0.39, 0.29) is 43.3 Å². The van der Waals surface area contributed by atoms with Crippen LogP contribution < -0.4 is 10.6 Å². The summed E-state index contributed by atoms with van der Waals surface area (Å²) < 4.78 is 9.37. The predicted molar refractivity (Wildman–Crippen MR) is 247 cm³/mol. The maximum Gasteiger partial charge on any atom is 0.407 e. The summed E-state index contributed by atoms with van der Waals surface area (Å²) in [4.78, 5) is 73.0. The molecule has 3 aromatic carbocycles. The average Bonchev–Trinajstić information content (AvgIpc) is 3.76. The van der Waals surface area contributed by atoms with Crippen LogP contribution in [-0.4, -0.2) is 99.5 Å². The number of aromatic nitrogens is 4. The van der Waals surface area contributed by atoms with Crippen molar-refractivity contribution < 1.29 is 28.7 Å². The molecule has 4 heterocycles. The zero-order valence-electron chi connectivity index (χ0n) is 34.4. The number of nitrogens with one attached hydrogen (secondary N) is 4. The van der Waals surface area contributed by atoms with Crippen molar-refractivity contribution in [2.75, 3.05) is 14.2 Å². The lowest BCUT2D eigenvalue weighted by atomic mass is 9.94. The fraction of sp³-hybridized carbons (Fsp3) is 0.422. The van der Waals surface area contributed by atoms with Crippen LogP contribution in [0, 0.1) is 11.8 Å². The summed E-state index contributed by atoms with van der Waals surface area (Å²) in [6, 6.07) is 19.3. The first-order valence-electron chi connectivity index (χ1n) is 20.7. The number of methoxy groups -OCH3 is 2. The number of piperidine rings is 2. The van der Waals surface area contributed by atoms with Gasteiger partial charge in [0, 0.05) is 31.2 Å². The zero-order chi connectivity index (χ0) is 42.9. The standard InChI is InChI=1S/C45H48I2N8O6/c1-22(46)37(52-43(58)60-4)41(56)54-34-16-26(34)17-35(54)39-48-20-32(50-39)25-14-12-24(13-15-25)28-8-6-10-30-29(28)9-7-11-31(30)33-21-49-40(51-33)36-18-27-19-45(27,3)55(36)42(57)38(23(2)47)53-44(59)61-5/h6-15,20-23,26-27,34-38H,16-19H2,1-5H3,(H,48,50)(H,49,51)(H,52,58)(H,53,59)/t22?,23?,26-,27+,34?,35+,36+,37+,38+,45-/m1/s1. The third-order valence-electron chi connectivity index (χ3n) is 13.2. The predicted octanol–water partition coefficient (Wildman–Crippen LogP) is 8.10. The van der Waals surface area contributed by atoms with Crippen LogP contribution >= 0.6 is 45.2 Å². The molecule has 0 spiro atoms. The number of carbonyl (C=O) groups is 4. The number of imidazole rings is 2. The number of ether oxygens (including phenoxy) is 2. The molecular weight excluding hydrogens is 1000 g/mol. The number of H-pyrrole nitrogens is 2. The Bertz CT molecular complexity index is 2520. The second-order valence-corrected chi connectivity index (χ2v) is 20.9. The number of hydrogen-bond acceptors (Lipinski definition) is 8. The number of carbonyl (C=O) groups excluding carboxylic acids is 4. The summed E-state index contributed by atoms with van der Waals surface area (Å²) >= 11 is 4.36. The van der Waals surface area contributed by atoms with E-state index >= 15 is 0 Å². The summed E-state index contributed by atoms with van der Waals surface area (Å²) in [5.41, 5.74) is 5.50. The fourth-order valence-corrected chi connectivity index (χ4v) is 10.8. The van der Waals surface area contributed by atoms with Gasteiger partial charge in [-0.05, 0) is 71.9 Å². The normalized spacial score (nSPS) is 25.5. The number of alkyl halides is 2. The molecule has 0 bridgehead atoms. The SMILES string of the molecule is COC(=O)N[C@H](C(=O)N1C2C[C@@H]2C[C@H]1c1ncc(-c2ccc(-c3cccc4c(-c5c[nH]c([C@@H]6C[C@H]7C[C@@]7(C)N6C(=O)[C@@H](NC(=O)OC)C(C)I)n5)cccc34)cc2)[nH]1)C(C)I. The third kappa shape index (κ3) is 7.54. The number of hydrogen-bond donors (Lipinski definition) is 4. The highest BCUT2D eigenvalue weighted by molar-refractivity contribution is 14.1. The van der Waals surface area contributed by atoms with Gasteiger partial charge in [-0.15, -0.1) is 0 Å². The smallest absolute Gasteiger partial charge is 0.407 e. The molecule has 2 saturated carbocycles. The second kappa shape index (κ2) is 16.2. The van der Waals surface area contributed by atoms with E-state index in [1.807, 2.05) is 36.0 Å². The number of rotatable bonds is 11. The maximum absolute atomic E-state index is 14.1. The minimum Gasteiger partial charge on any atom is -0.453 e. The molecule has 14 nitrogen and oxygen atoms in total. The Kier molecular flexibility index (Phi) is 11.1. The molecule has 2 aliphatic heterocycles. The topological polar surface area (TPSA) is 175 Å². The highest BCUT2D eigenvalue weighted by Gasteiger charge is 2.65. The third-order valence-corrected chi connectivity index (χ3v) is 14.7. The summed E-state index contributed by atoms with van der Waals surface area (Å²) in [5, 5.41) is 7.65. The number of fused-ring (bicyclic) bond motifs is 3. The summed E-state index contributed by atoms with van der Waals surface area (Å²) in [6.07, 6.45) is 6.04. The van der Waals surface area contributed by atoms with E-state index in [2.05, 4.69) is 133 Å². The van der Waals surface area contributed by atoms with Gasteiger partial charge < -0.3 is 39.9 Å². The number of benzene rings is 3. The zero-order valence-corrected chi connectivity index (χ0v) is 38.8. The first kappa shape index (κ1) is 41.6. The molecule has 4 aliphatic rings. The first-order valence-corrected chi connectivity index (χ1v) is 23.2. The van der Waals surface area contributed by atoms with Crippen molar-refractivity contribution in [3.05, 3.63) is 84.7 Å². The molecule has 3 unspecified atom stereocenters. The fourth-order valence-electron chi connectivity index (χ4n) is 9.80. The van der Waals surface area contributed by atoms with Crippen molar-refractivity contribution in [2.24, 2.45) is 11.8 Å². The molecule has 4 fully saturated rings. The Labute approximate surface area is 381 Å². The van der Waals surface area contributed by atoms with Crippen molar-refractivity contribution >= 4 is 80.0 Å². The Morgan fingerprint density at radius 1 is 0.803 bits per heavy atom. The lowest BCUT2D eigenvalue weighted by molar-refractivity contribution is -0.138. The number of halogens is 2. The van der Waals surface area contributed by atoms with Gasteiger partial charge in [-0.2, -0.15) is 0 Å². The molecule has 2 aromatic heterocycles. The largest absolute Gasteiger partial charge is 0.453 e. The van der Waals surface area contributed by atoms with Crippen LogP contribution in [0.25, 0.3) is 44.4 Å².